The Balaban J connectivity index is 0.00000420. The Labute approximate surface area is 192 Å². The van der Waals surface area contributed by atoms with Crippen molar-refractivity contribution in [2.75, 3.05) is 53.7 Å². The van der Waals surface area contributed by atoms with Crippen LogP contribution in [0, 0.1) is 6.92 Å². The molecule has 29 heavy (non-hydrogen) atoms. The molecule has 2 atom stereocenters. The highest BCUT2D eigenvalue weighted by atomic mass is 127. The first-order valence-electron chi connectivity index (χ1n) is 10.0. The summed E-state index contributed by atoms with van der Waals surface area (Å²) < 4.78 is 16.5. The number of morpholine rings is 1. The largest absolute Gasteiger partial charge is 0.491 e. The van der Waals surface area contributed by atoms with Crippen molar-refractivity contribution in [2.24, 2.45) is 4.99 Å². The van der Waals surface area contributed by atoms with E-state index in [1.54, 1.807) is 14.2 Å². The number of ether oxygens (including phenoxy) is 3. The molecule has 1 aliphatic heterocycles. The van der Waals surface area contributed by atoms with Gasteiger partial charge in [0.1, 0.15) is 12.4 Å². The standard InChI is InChI=1S/C21H36N4O3.HI/c1-16-6-7-19(20(12-16)28-11-10-26-5)14-24-21(22-4)23-13-17(2)25-8-9-27-15-18(25)3;/h6-7,12,17-18H,8-11,13-15H2,1-5H3,(H2,22,23,24);1H. The highest BCUT2D eigenvalue weighted by Crippen LogP contribution is 2.20. The van der Waals surface area contributed by atoms with Crippen molar-refractivity contribution < 1.29 is 14.2 Å². The molecule has 166 valence electrons. The van der Waals surface area contributed by atoms with E-state index in [9.17, 15) is 0 Å². The Kier molecular flexibility index (Phi) is 12.5. The van der Waals surface area contributed by atoms with Gasteiger partial charge in [0.25, 0.3) is 0 Å². The van der Waals surface area contributed by atoms with Gasteiger partial charge in [0.15, 0.2) is 5.96 Å². The minimum atomic E-state index is 0. The molecular formula is C21H37IN4O3. The molecule has 0 bridgehead atoms. The summed E-state index contributed by atoms with van der Waals surface area (Å²) >= 11 is 0. The summed E-state index contributed by atoms with van der Waals surface area (Å²) in [4.78, 5) is 6.83. The van der Waals surface area contributed by atoms with Crippen LogP contribution in [0.25, 0.3) is 0 Å². The van der Waals surface area contributed by atoms with Crippen LogP contribution in [0.15, 0.2) is 23.2 Å². The molecule has 2 N–H and O–H groups in total. The summed E-state index contributed by atoms with van der Waals surface area (Å²) in [5, 5.41) is 6.83. The lowest BCUT2D eigenvalue weighted by Crippen LogP contribution is -2.52. The number of halogens is 1. The summed E-state index contributed by atoms with van der Waals surface area (Å²) in [5.41, 5.74) is 2.27. The fourth-order valence-electron chi connectivity index (χ4n) is 3.33. The predicted molar refractivity (Wildman–Crippen MR) is 129 cm³/mol. The number of hydrogen-bond donors (Lipinski definition) is 2. The maximum Gasteiger partial charge on any atom is 0.191 e. The lowest BCUT2D eigenvalue weighted by Gasteiger charge is -2.38. The van der Waals surface area contributed by atoms with Crippen LogP contribution in [0.2, 0.25) is 0 Å². The molecule has 0 aliphatic carbocycles. The van der Waals surface area contributed by atoms with Gasteiger partial charge in [-0.25, -0.2) is 0 Å². The second-order valence-electron chi connectivity index (χ2n) is 7.27. The predicted octanol–water partition coefficient (Wildman–Crippen LogP) is 2.41. The minimum Gasteiger partial charge on any atom is -0.491 e. The minimum absolute atomic E-state index is 0. The van der Waals surface area contributed by atoms with Crippen LogP contribution in [-0.4, -0.2) is 76.6 Å². The number of hydrogen-bond acceptors (Lipinski definition) is 5. The average Bonchev–Trinajstić information content (AvgIpc) is 2.69. The van der Waals surface area contributed by atoms with Gasteiger partial charge >= 0.3 is 0 Å². The van der Waals surface area contributed by atoms with Crippen LogP contribution < -0.4 is 15.4 Å². The smallest absolute Gasteiger partial charge is 0.191 e. The summed E-state index contributed by atoms with van der Waals surface area (Å²) in [6.45, 7) is 11.7. The zero-order valence-electron chi connectivity index (χ0n) is 18.4. The van der Waals surface area contributed by atoms with Crippen molar-refractivity contribution in [1.29, 1.82) is 0 Å². The van der Waals surface area contributed by atoms with Crippen LogP contribution in [-0.2, 0) is 16.0 Å². The van der Waals surface area contributed by atoms with Crippen molar-refractivity contribution in [2.45, 2.75) is 39.4 Å². The number of benzene rings is 1. The van der Waals surface area contributed by atoms with E-state index in [0.29, 0.717) is 31.8 Å². The third-order valence-corrected chi connectivity index (χ3v) is 4.99. The zero-order valence-corrected chi connectivity index (χ0v) is 20.7. The molecule has 1 aliphatic rings. The first kappa shape index (κ1) is 25.9. The SMILES string of the molecule is CN=C(NCc1ccc(C)cc1OCCOC)NCC(C)N1CCOCC1C.I. The van der Waals surface area contributed by atoms with Gasteiger partial charge in [0.05, 0.1) is 19.8 Å². The second kappa shape index (κ2) is 14.0. The number of nitrogens with zero attached hydrogens (tertiary/aromatic N) is 2. The van der Waals surface area contributed by atoms with Gasteiger partial charge in [-0.2, -0.15) is 0 Å². The normalized spacial score (nSPS) is 18.7. The molecule has 2 rings (SSSR count). The van der Waals surface area contributed by atoms with Gasteiger partial charge in [0.2, 0.25) is 0 Å². The van der Waals surface area contributed by atoms with E-state index in [1.165, 1.54) is 5.56 Å². The van der Waals surface area contributed by atoms with E-state index in [-0.39, 0.29) is 24.0 Å². The van der Waals surface area contributed by atoms with Crippen LogP contribution in [0.4, 0.5) is 0 Å². The third-order valence-electron chi connectivity index (χ3n) is 4.99. The summed E-state index contributed by atoms with van der Waals surface area (Å²) in [5.74, 6) is 1.67. The highest BCUT2D eigenvalue weighted by Gasteiger charge is 2.23. The molecule has 0 aromatic heterocycles. The average molecular weight is 520 g/mol. The molecule has 1 saturated heterocycles. The molecule has 0 radical (unpaired) electrons. The lowest BCUT2D eigenvalue weighted by atomic mass is 10.1. The lowest BCUT2D eigenvalue weighted by molar-refractivity contribution is -0.0174. The monoisotopic (exact) mass is 520 g/mol. The summed E-state index contributed by atoms with van der Waals surface area (Å²) in [7, 11) is 3.47. The quantitative estimate of drug-likeness (QED) is 0.226. The van der Waals surface area contributed by atoms with Crippen molar-refractivity contribution in [3.63, 3.8) is 0 Å². The summed E-state index contributed by atoms with van der Waals surface area (Å²) in [6, 6.07) is 7.10. The highest BCUT2D eigenvalue weighted by molar-refractivity contribution is 14.0. The zero-order chi connectivity index (χ0) is 20.4. The Morgan fingerprint density at radius 3 is 2.83 bits per heavy atom. The maximum absolute atomic E-state index is 5.87. The van der Waals surface area contributed by atoms with E-state index in [1.807, 2.05) is 0 Å². The Morgan fingerprint density at radius 2 is 2.14 bits per heavy atom. The van der Waals surface area contributed by atoms with Crippen LogP contribution in [0.5, 0.6) is 5.75 Å². The molecular weight excluding hydrogens is 483 g/mol. The first-order valence-corrected chi connectivity index (χ1v) is 10.0. The van der Waals surface area contributed by atoms with Gasteiger partial charge in [-0.15, -0.1) is 24.0 Å². The third kappa shape index (κ3) is 8.65. The van der Waals surface area contributed by atoms with Gasteiger partial charge in [0, 0.05) is 51.4 Å². The number of rotatable bonds is 9. The maximum atomic E-state index is 5.87. The van der Waals surface area contributed by atoms with Crippen LogP contribution in [0.1, 0.15) is 25.0 Å². The van der Waals surface area contributed by atoms with E-state index in [4.69, 9.17) is 14.2 Å². The van der Waals surface area contributed by atoms with Crippen molar-refractivity contribution in [1.82, 2.24) is 15.5 Å². The Bertz CT molecular complexity index is 630. The molecule has 8 heteroatoms. The second-order valence-corrected chi connectivity index (χ2v) is 7.27. The van der Waals surface area contributed by atoms with E-state index < -0.39 is 0 Å². The number of guanidine groups is 1. The van der Waals surface area contributed by atoms with Crippen molar-refractivity contribution in [3.05, 3.63) is 29.3 Å². The summed E-state index contributed by atoms with van der Waals surface area (Å²) in [6.07, 6.45) is 0. The van der Waals surface area contributed by atoms with Gasteiger partial charge in [-0.1, -0.05) is 12.1 Å². The fraction of sp³-hybridized carbons (Fsp3) is 0.667. The van der Waals surface area contributed by atoms with E-state index in [0.717, 1.165) is 43.6 Å². The van der Waals surface area contributed by atoms with Crippen molar-refractivity contribution in [3.8, 4) is 5.75 Å². The molecule has 1 aromatic rings. The molecule has 0 saturated carbocycles. The molecule has 1 fully saturated rings. The topological polar surface area (TPSA) is 67.4 Å². The molecule has 2 unspecified atom stereocenters. The molecule has 1 heterocycles. The molecule has 1 aromatic carbocycles. The Morgan fingerprint density at radius 1 is 1.34 bits per heavy atom. The number of aryl methyl sites for hydroxylation is 1. The van der Waals surface area contributed by atoms with Crippen LogP contribution in [0.3, 0.4) is 0 Å². The van der Waals surface area contributed by atoms with Gasteiger partial charge < -0.3 is 24.8 Å². The molecule has 0 spiro atoms. The molecule has 0 amide bonds. The molecule has 7 nitrogen and oxygen atoms in total. The van der Waals surface area contributed by atoms with Gasteiger partial charge in [-0.3, -0.25) is 9.89 Å². The van der Waals surface area contributed by atoms with Gasteiger partial charge in [-0.05, 0) is 32.4 Å². The van der Waals surface area contributed by atoms with Crippen molar-refractivity contribution >= 4 is 29.9 Å². The number of methoxy groups -OCH3 is 1. The van der Waals surface area contributed by atoms with Crippen LogP contribution >= 0.6 is 24.0 Å². The van der Waals surface area contributed by atoms with E-state index >= 15 is 0 Å². The first-order chi connectivity index (χ1) is 13.5. The Hall–Kier alpha value is -1.10. The fourth-order valence-corrected chi connectivity index (χ4v) is 3.33. The number of aliphatic imine (C=N–C) groups is 1. The van der Waals surface area contributed by atoms with E-state index in [2.05, 4.69) is 59.5 Å². The number of nitrogens with one attached hydrogen (secondary N) is 2.